The van der Waals surface area contributed by atoms with E-state index < -0.39 is 16.9 Å². The number of aromatic amines is 1. The zero-order chi connectivity index (χ0) is 40.9. The topological polar surface area (TPSA) is 152 Å². The van der Waals surface area contributed by atoms with Gasteiger partial charge in [0.1, 0.15) is 16.5 Å². The van der Waals surface area contributed by atoms with Crippen LogP contribution in [0.5, 0.6) is 11.5 Å². The zero-order valence-corrected chi connectivity index (χ0v) is 35.3. The molecule has 0 saturated carbocycles. The van der Waals surface area contributed by atoms with Crippen molar-refractivity contribution < 1.29 is 23.9 Å². The lowest BCUT2D eigenvalue weighted by molar-refractivity contribution is -0.125. The molecule has 2 aromatic heterocycles. The van der Waals surface area contributed by atoms with Crippen molar-refractivity contribution in [2.45, 2.75) is 136 Å². The first-order chi connectivity index (χ1) is 26.5. The molecule has 13 heteroatoms. The van der Waals surface area contributed by atoms with E-state index in [9.17, 15) is 14.4 Å². The zero-order valence-electron chi connectivity index (χ0n) is 34.6. The van der Waals surface area contributed by atoms with Crippen molar-refractivity contribution in [3.05, 3.63) is 70.6 Å². The van der Waals surface area contributed by atoms with E-state index in [2.05, 4.69) is 58.9 Å². The maximum atomic E-state index is 13.3. The van der Waals surface area contributed by atoms with E-state index in [4.69, 9.17) is 21.1 Å². The van der Waals surface area contributed by atoms with Gasteiger partial charge in [0.15, 0.2) is 18.1 Å². The number of benzene rings is 2. The molecule has 0 fully saturated rings. The molecule has 0 saturated heterocycles. The molecule has 4 N–H and O–H groups in total. The van der Waals surface area contributed by atoms with Crippen LogP contribution in [0.25, 0.3) is 5.65 Å². The molecule has 0 radical (unpaired) electrons. The molecule has 0 atom stereocenters. The van der Waals surface area contributed by atoms with Gasteiger partial charge in [-0.25, -0.2) is 4.52 Å². The minimum Gasteiger partial charge on any atom is -0.494 e. The molecule has 0 spiro atoms. The average molecular weight is 792 g/mol. The number of para-hydroxylation sites is 2. The van der Waals surface area contributed by atoms with Gasteiger partial charge in [0.2, 0.25) is 5.91 Å². The standard InChI is InChI=1S/C43H62ClN7O5/c1-9-10-11-12-13-14-15-16-17-20-27-55-31-25-23-30(24-26-31)39(54)45-28-34(52)46-32-21-18-19-22-33(32)56-29-35(53)47-43(7,8)42(5,6)40-49-48-38-36(44)37(41(2,3)4)50-51(38)40/h18-19,21-26,50H,9-17,20,27-29H2,1-8H3,(H,45,54)(H,46,52)(H,47,53). The monoisotopic (exact) mass is 791 g/mol. The third kappa shape index (κ3) is 12.0. The van der Waals surface area contributed by atoms with Crippen LogP contribution in [0.2, 0.25) is 5.02 Å². The maximum absolute atomic E-state index is 13.3. The summed E-state index contributed by atoms with van der Waals surface area (Å²) >= 11 is 6.66. The Kier molecular flexibility index (Phi) is 15.8. The highest BCUT2D eigenvalue weighted by Crippen LogP contribution is 2.37. The average Bonchev–Trinajstić information content (AvgIpc) is 3.73. The molecule has 0 aliphatic carbocycles. The Hall–Kier alpha value is -4.58. The van der Waals surface area contributed by atoms with E-state index in [1.165, 1.54) is 51.4 Å². The summed E-state index contributed by atoms with van der Waals surface area (Å²) in [5, 5.41) is 21.1. The van der Waals surface area contributed by atoms with Gasteiger partial charge in [-0.3, -0.25) is 19.5 Å². The molecule has 0 aliphatic heterocycles. The van der Waals surface area contributed by atoms with Gasteiger partial charge in [-0.05, 0) is 56.7 Å². The van der Waals surface area contributed by atoms with Gasteiger partial charge in [0, 0.05) is 21.9 Å². The SMILES string of the molecule is CCCCCCCCCCCCOc1ccc(C(=O)NCC(=O)Nc2ccccc2OCC(=O)NC(C)(C)C(C)(C)c2nnc3c(Cl)c(C(C)(C)C)[nH]n23)cc1. The number of H-pyrrole nitrogens is 1. The molecule has 56 heavy (non-hydrogen) atoms. The molecule has 0 aliphatic rings. The molecule has 3 amide bonds. The first-order valence-electron chi connectivity index (χ1n) is 20.0. The quantitative estimate of drug-likeness (QED) is 0.0580. The molecular weight excluding hydrogens is 730 g/mol. The summed E-state index contributed by atoms with van der Waals surface area (Å²) in [6, 6.07) is 13.7. The number of nitrogens with zero attached hydrogens (tertiary/aromatic N) is 3. The van der Waals surface area contributed by atoms with Gasteiger partial charge >= 0.3 is 0 Å². The Balaban J connectivity index is 1.21. The van der Waals surface area contributed by atoms with Crippen molar-refractivity contribution in [3.8, 4) is 11.5 Å². The molecule has 4 rings (SSSR count). The number of carbonyl (C=O) groups is 3. The Labute approximate surface area is 337 Å². The third-order valence-electron chi connectivity index (χ3n) is 10.4. The maximum Gasteiger partial charge on any atom is 0.258 e. The van der Waals surface area contributed by atoms with Gasteiger partial charge in [0.05, 0.1) is 24.5 Å². The molecular formula is C43H62ClN7O5. The second-order valence-corrected chi connectivity index (χ2v) is 17.0. The molecule has 2 aromatic carbocycles. The Morgan fingerprint density at radius 3 is 2.05 bits per heavy atom. The summed E-state index contributed by atoms with van der Waals surface area (Å²) in [5.41, 5.74) is 0.410. The van der Waals surface area contributed by atoms with Crippen molar-refractivity contribution in [2.75, 3.05) is 25.1 Å². The van der Waals surface area contributed by atoms with Crippen LogP contribution in [-0.4, -0.2) is 62.8 Å². The second kappa shape index (κ2) is 20.0. The Bertz CT molecular complexity index is 1890. The van der Waals surface area contributed by atoms with Crippen molar-refractivity contribution >= 4 is 40.7 Å². The van der Waals surface area contributed by atoms with Gasteiger partial charge < -0.3 is 25.4 Å². The number of hydrogen-bond acceptors (Lipinski definition) is 7. The van der Waals surface area contributed by atoms with E-state index in [0.29, 0.717) is 45.9 Å². The Morgan fingerprint density at radius 2 is 1.41 bits per heavy atom. The second-order valence-electron chi connectivity index (χ2n) is 16.6. The first-order valence-corrected chi connectivity index (χ1v) is 20.4. The number of fused-ring (bicyclic) bond motifs is 1. The first kappa shape index (κ1) is 44.1. The molecule has 306 valence electrons. The molecule has 0 unspecified atom stereocenters. The van der Waals surface area contributed by atoms with Crippen molar-refractivity contribution in [3.63, 3.8) is 0 Å². The predicted molar refractivity (Wildman–Crippen MR) is 223 cm³/mol. The number of carbonyl (C=O) groups excluding carboxylic acids is 3. The summed E-state index contributed by atoms with van der Waals surface area (Å²) in [6.07, 6.45) is 12.7. The number of rotatable bonds is 22. The molecule has 12 nitrogen and oxygen atoms in total. The number of aromatic nitrogens is 4. The highest BCUT2D eigenvalue weighted by molar-refractivity contribution is 6.34. The number of hydrogen-bond donors (Lipinski definition) is 4. The summed E-state index contributed by atoms with van der Waals surface area (Å²) < 4.78 is 13.5. The van der Waals surface area contributed by atoms with Crippen LogP contribution in [0.15, 0.2) is 48.5 Å². The number of nitrogens with one attached hydrogen (secondary N) is 4. The van der Waals surface area contributed by atoms with Crippen molar-refractivity contribution in [1.82, 2.24) is 30.4 Å². The van der Waals surface area contributed by atoms with E-state index in [1.54, 1.807) is 53.0 Å². The van der Waals surface area contributed by atoms with Crippen LogP contribution >= 0.6 is 11.6 Å². The van der Waals surface area contributed by atoms with Crippen molar-refractivity contribution in [1.29, 1.82) is 0 Å². The van der Waals surface area contributed by atoms with E-state index in [1.807, 2.05) is 27.7 Å². The smallest absolute Gasteiger partial charge is 0.258 e. The lowest BCUT2D eigenvalue weighted by Crippen LogP contribution is -2.57. The largest absolute Gasteiger partial charge is 0.494 e. The van der Waals surface area contributed by atoms with Crippen LogP contribution in [0, 0.1) is 0 Å². The van der Waals surface area contributed by atoms with Crippen LogP contribution < -0.4 is 25.4 Å². The van der Waals surface area contributed by atoms with E-state index in [-0.39, 0.29) is 30.4 Å². The van der Waals surface area contributed by atoms with Crippen LogP contribution in [0.3, 0.4) is 0 Å². The lowest BCUT2D eigenvalue weighted by atomic mass is 9.73. The van der Waals surface area contributed by atoms with Gasteiger partial charge in [-0.1, -0.05) is 123 Å². The molecule has 2 heterocycles. The number of ether oxygens (including phenoxy) is 2. The summed E-state index contributed by atoms with van der Waals surface area (Å²) in [7, 11) is 0. The lowest BCUT2D eigenvalue weighted by Gasteiger charge is -2.40. The number of anilines is 1. The van der Waals surface area contributed by atoms with Gasteiger partial charge in [-0.15, -0.1) is 10.2 Å². The minimum atomic E-state index is -0.804. The fraction of sp³-hybridized carbons (Fsp3) is 0.558. The summed E-state index contributed by atoms with van der Waals surface area (Å²) in [6.45, 7) is 16.3. The van der Waals surface area contributed by atoms with E-state index in [0.717, 1.165) is 18.5 Å². The van der Waals surface area contributed by atoms with E-state index >= 15 is 0 Å². The van der Waals surface area contributed by atoms with Gasteiger partial charge in [0.25, 0.3) is 11.8 Å². The predicted octanol–water partition coefficient (Wildman–Crippen LogP) is 8.93. The fourth-order valence-electron chi connectivity index (χ4n) is 6.31. The number of unbranched alkanes of at least 4 members (excludes halogenated alkanes) is 9. The highest BCUT2D eigenvalue weighted by Gasteiger charge is 2.44. The normalized spacial score (nSPS) is 12.1. The third-order valence-corrected chi connectivity index (χ3v) is 10.8. The van der Waals surface area contributed by atoms with Crippen molar-refractivity contribution in [2.24, 2.45) is 0 Å². The number of amides is 3. The fourth-order valence-corrected chi connectivity index (χ4v) is 6.75. The minimum absolute atomic E-state index is 0.238. The van der Waals surface area contributed by atoms with Crippen LogP contribution in [-0.2, 0) is 20.4 Å². The molecule has 4 aromatic rings. The summed E-state index contributed by atoms with van der Waals surface area (Å²) in [5.74, 6) is 0.430. The Morgan fingerprint density at radius 1 is 0.786 bits per heavy atom. The molecule has 0 bridgehead atoms. The number of halogens is 1. The summed E-state index contributed by atoms with van der Waals surface area (Å²) in [4.78, 5) is 38.9. The van der Waals surface area contributed by atoms with Crippen LogP contribution in [0.4, 0.5) is 5.69 Å². The van der Waals surface area contributed by atoms with Crippen LogP contribution in [0.1, 0.15) is 141 Å². The van der Waals surface area contributed by atoms with Gasteiger partial charge in [-0.2, -0.15) is 0 Å². The highest BCUT2D eigenvalue weighted by atomic mass is 35.5.